The fourth-order valence-corrected chi connectivity index (χ4v) is 6.25. The predicted molar refractivity (Wildman–Crippen MR) is 112 cm³/mol. The van der Waals surface area contributed by atoms with Crippen LogP contribution in [-0.2, 0) is 10.0 Å². The molecule has 1 aliphatic rings. The minimum absolute atomic E-state index is 0.0612. The highest BCUT2D eigenvalue weighted by Crippen LogP contribution is 2.29. The van der Waals surface area contributed by atoms with Crippen LogP contribution in [0.3, 0.4) is 0 Å². The SMILES string of the molecule is O=C(NCCS(=O)(=O)N1CCSCC1)c1ccc(-c2ccc(Br)cc2)s1. The summed E-state index contributed by atoms with van der Waals surface area (Å²) in [4.78, 5) is 13.9. The molecule has 1 N–H and O–H groups in total. The largest absolute Gasteiger partial charge is 0.350 e. The molecule has 5 nitrogen and oxygen atoms in total. The standard InChI is InChI=1S/C17H19BrN2O3S3/c18-14-3-1-13(2-4-14)15-5-6-16(25-15)17(21)19-7-12-26(22,23)20-8-10-24-11-9-20/h1-6H,7-12H2,(H,19,21). The van der Waals surface area contributed by atoms with E-state index < -0.39 is 10.0 Å². The van der Waals surface area contributed by atoms with Gasteiger partial charge in [0.1, 0.15) is 0 Å². The van der Waals surface area contributed by atoms with E-state index in [2.05, 4.69) is 21.2 Å². The fourth-order valence-electron chi connectivity index (χ4n) is 2.56. The number of thiophene rings is 1. The van der Waals surface area contributed by atoms with Gasteiger partial charge < -0.3 is 5.32 Å². The first-order valence-electron chi connectivity index (χ1n) is 8.15. The van der Waals surface area contributed by atoms with Gasteiger partial charge in [-0.15, -0.1) is 11.3 Å². The van der Waals surface area contributed by atoms with Crippen LogP contribution < -0.4 is 5.32 Å². The highest BCUT2D eigenvalue weighted by Gasteiger charge is 2.24. The number of hydrogen-bond acceptors (Lipinski definition) is 5. The summed E-state index contributed by atoms with van der Waals surface area (Å²) in [5.41, 5.74) is 1.04. The van der Waals surface area contributed by atoms with Crippen LogP contribution in [0, 0.1) is 0 Å². The predicted octanol–water partition coefficient (Wildman–Crippen LogP) is 3.29. The van der Waals surface area contributed by atoms with E-state index in [0.29, 0.717) is 18.0 Å². The molecule has 2 aromatic rings. The van der Waals surface area contributed by atoms with Crippen molar-refractivity contribution in [3.63, 3.8) is 0 Å². The monoisotopic (exact) mass is 474 g/mol. The Bertz CT molecular complexity index is 860. The Hall–Kier alpha value is -0.870. The molecule has 0 aliphatic carbocycles. The van der Waals surface area contributed by atoms with Gasteiger partial charge >= 0.3 is 0 Å². The van der Waals surface area contributed by atoms with Gasteiger partial charge in [-0.2, -0.15) is 11.8 Å². The lowest BCUT2D eigenvalue weighted by atomic mass is 10.2. The molecule has 140 valence electrons. The van der Waals surface area contributed by atoms with Crippen LogP contribution in [-0.4, -0.2) is 55.5 Å². The van der Waals surface area contributed by atoms with Gasteiger partial charge in [0.15, 0.2) is 0 Å². The van der Waals surface area contributed by atoms with Crippen LogP contribution in [0.4, 0.5) is 0 Å². The highest BCUT2D eigenvalue weighted by molar-refractivity contribution is 9.10. The minimum Gasteiger partial charge on any atom is -0.350 e. The van der Waals surface area contributed by atoms with E-state index in [4.69, 9.17) is 0 Å². The first-order chi connectivity index (χ1) is 12.5. The van der Waals surface area contributed by atoms with Crippen molar-refractivity contribution in [3.05, 3.63) is 45.7 Å². The molecule has 0 bridgehead atoms. The third kappa shape index (κ3) is 5.10. The van der Waals surface area contributed by atoms with Gasteiger partial charge in [-0.25, -0.2) is 12.7 Å². The molecule has 0 atom stereocenters. The zero-order chi connectivity index (χ0) is 18.6. The Morgan fingerprint density at radius 3 is 2.50 bits per heavy atom. The van der Waals surface area contributed by atoms with Gasteiger partial charge in [0.2, 0.25) is 10.0 Å². The lowest BCUT2D eigenvalue weighted by molar-refractivity contribution is 0.0960. The molecule has 1 aliphatic heterocycles. The van der Waals surface area contributed by atoms with E-state index in [1.807, 2.05) is 30.3 Å². The van der Waals surface area contributed by atoms with Crippen LogP contribution in [0.15, 0.2) is 40.9 Å². The second kappa shape index (κ2) is 8.88. The normalized spacial score (nSPS) is 15.7. The van der Waals surface area contributed by atoms with E-state index in [1.54, 1.807) is 17.8 Å². The van der Waals surface area contributed by atoms with Crippen molar-refractivity contribution < 1.29 is 13.2 Å². The zero-order valence-electron chi connectivity index (χ0n) is 14.0. The average Bonchev–Trinajstić information content (AvgIpc) is 3.13. The second-order valence-electron chi connectivity index (χ2n) is 5.75. The number of carbonyl (C=O) groups excluding carboxylic acids is 1. The molecule has 0 radical (unpaired) electrons. The van der Waals surface area contributed by atoms with E-state index in [0.717, 1.165) is 26.4 Å². The maximum absolute atomic E-state index is 12.3. The first kappa shape index (κ1) is 19.9. The topological polar surface area (TPSA) is 66.5 Å². The number of carbonyl (C=O) groups is 1. The Balaban J connectivity index is 1.54. The molecule has 1 fully saturated rings. The maximum Gasteiger partial charge on any atom is 0.261 e. The number of rotatable bonds is 6. The van der Waals surface area contributed by atoms with Crippen LogP contribution in [0.25, 0.3) is 10.4 Å². The first-order valence-corrected chi connectivity index (χ1v) is 12.5. The summed E-state index contributed by atoms with van der Waals surface area (Å²) in [5, 5.41) is 2.72. The molecule has 0 saturated carbocycles. The van der Waals surface area contributed by atoms with Crippen LogP contribution in [0.2, 0.25) is 0 Å². The van der Waals surface area contributed by atoms with Crippen molar-refractivity contribution in [2.75, 3.05) is 36.9 Å². The molecule has 1 aromatic carbocycles. The van der Waals surface area contributed by atoms with Gasteiger partial charge in [-0.05, 0) is 29.8 Å². The third-order valence-electron chi connectivity index (χ3n) is 3.97. The van der Waals surface area contributed by atoms with Gasteiger partial charge in [0.25, 0.3) is 5.91 Å². The average molecular weight is 475 g/mol. The molecule has 1 amide bonds. The number of halogens is 1. The Morgan fingerprint density at radius 1 is 1.12 bits per heavy atom. The van der Waals surface area contributed by atoms with Gasteiger partial charge in [-0.3, -0.25) is 4.79 Å². The van der Waals surface area contributed by atoms with Crippen molar-refractivity contribution in [3.8, 4) is 10.4 Å². The second-order valence-corrected chi connectivity index (χ2v) is 11.1. The van der Waals surface area contributed by atoms with E-state index in [1.165, 1.54) is 15.6 Å². The number of benzene rings is 1. The summed E-state index contributed by atoms with van der Waals surface area (Å²) in [6.45, 7) is 1.24. The number of nitrogens with one attached hydrogen (secondary N) is 1. The molecule has 1 aromatic heterocycles. The quantitative estimate of drug-likeness (QED) is 0.697. The number of thioether (sulfide) groups is 1. The molecular weight excluding hydrogens is 456 g/mol. The fraction of sp³-hybridized carbons (Fsp3) is 0.353. The lowest BCUT2D eigenvalue weighted by Crippen LogP contribution is -2.41. The van der Waals surface area contributed by atoms with Gasteiger partial charge in [0.05, 0.1) is 10.6 Å². The highest BCUT2D eigenvalue weighted by atomic mass is 79.9. The van der Waals surface area contributed by atoms with Crippen molar-refractivity contribution in [2.24, 2.45) is 0 Å². The smallest absolute Gasteiger partial charge is 0.261 e. The summed E-state index contributed by atoms with van der Waals surface area (Å²) in [5.74, 6) is 1.37. The van der Waals surface area contributed by atoms with Crippen LogP contribution >= 0.6 is 39.0 Å². The Kier molecular flexibility index (Phi) is 6.79. The molecule has 9 heteroatoms. The Labute approximate surface area is 170 Å². The van der Waals surface area contributed by atoms with Crippen molar-refractivity contribution in [1.82, 2.24) is 9.62 Å². The lowest BCUT2D eigenvalue weighted by Gasteiger charge is -2.25. The molecular formula is C17H19BrN2O3S3. The summed E-state index contributed by atoms with van der Waals surface area (Å²) in [7, 11) is -3.30. The Morgan fingerprint density at radius 2 is 1.81 bits per heavy atom. The molecule has 3 rings (SSSR count). The van der Waals surface area contributed by atoms with Crippen molar-refractivity contribution in [1.29, 1.82) is 0 Å². The van der Waals surface area contributed by atoms with E-state index in [-0.39, 0.29) is 18.2 Å². The molecule has 1 saturated heterocycles. The van der Waals surface area contributed by atoms with Crippen molar-refractivity contribution >= 4 is 55.0 Å². The summed E-state index contributed by atoms with van der Waals surface area (Å²) in [6.07, 6.45) is 0. The summed E-state index contributed by atoms with van der Waals surface area (Å²) >= 11 is 6.57. The summed E-state index contributed by atoms with van der Waals surface area (Å²) < 4.78 is 27.1. The number of sulfonamides is 1. The zero-order valence-corrected chi connectivity index (χ0v) is 18.0. The van der Waals surface area contributed by atoms with Crippen LogP contribution in [0.1, 0.15) is 9.67 Å². The van der Waals surface area contributed by atoms with Crippen molar-refractivity contribution in [2.45, 2.75) is 0 Å². The number of amides is 1. The van der Waals surface area contributed by atoms with E-state index in [9.17, 15) is 13.2 Å². The van der Waals surface area contributed by atoms with Gasteiger partial charge in [0, 0.05) is 40.5 Å². The number of nitrogens with zero attached hydrogens (tertiary/aromatic N) is 1. The maximum atomic E-state index is 12.3. The molecule has 0 spiro atoms. The molecule has 26 heavy (non-hydrogen) atoms. The minimum atomic E-state index is -3.30. The summed E-state index contributed by atoms with van der Waals surface area (Å²) in [6, 6.07) is 11.6. The van der Waals surface area contributed by atoms with Gasteiger partial charge in [-0.1, -0.05) is 28.1 Å². The third-order valence-corrected chi connectivity index (χ3v) is 8.44. The molecule has 2 heterocycles. The van der Waals surface area contributed by atoms with E-state index >= 15 is 0 Å². The number of hydrogen-bond donors (Lipinski definition) is 1. The molecule has 0 unspecified atom stereocenters. The van der Waals surface area contributed by atoms with Crippen LogP contribution in [0.5, 0.6) is 0 Å².